The Morgan fingerprint density at radius 2 is 1.96 bits per heavy atom. The first kappa shape index (κ1) is 16.0. The molecule has 1 saturated heterocycles. The molecule has 0 bridgehead atoms. The first-order valence-corrected chi connectivity index (χ1v) is 7.70. The zero-order valence-corrected chi connectivity index (χ0v) is 13.0. The summed E-state index contributed by atoms with van der Waals surface area (Å²) in [5.41, 5.74) is 1.18. The lowest BCUT2D eigenvalue weighted by Gasteiger charge is -2.16. The molecule has 1 amide bonds. The molecule has 0 radical (unpaired) electrons. The highest BCUT2D eigenvalue weighted by atomic mass is 16.6. The Hall–Kier alpha value is -2.83. The van der Waals surface area contributed by atoms with Gasteiger partial charge >= 0.3 is 5.97 Å². The van der Waals surface area contributed by atoms with E-state index in [4.69, 9.17) is 14.2 Å². The minimum absolute atomic E-state index is 0.0445. The monoisotopic (exact) mass is 331 g/mol. The summed E-state index contributed by atoms with van der Waals surface area (Å²) in [4.78, 5) is 37.2. The van der Waals surface area contributed by atoms with Gasteiger partial charge in [0.1, 0.15) is 19.5 Å². The minimum Gasteiger partial charge on any atom is -0.493 e. The number of Topliss-reactive ketones (excluding diaryl/α,β-unsaturated/α-hetero) is 1. The molecule has 24 heavy (non-hydrogen) atoms. The van der Waals surface area contributed by atoms with Gasteiger partial charge in [0.25, 0.3) is 0 Å². The quantitative estimate of drug-likeness (QED) is 0.600. The van der Waals surface area contributed by atoms with Crippen LogP contribution in [0.4, 0.5) is 5.69 Å². The van der Waals surface area contributed by atoms with Gasteiger partial charge in [0.2, 0.25) is 11.7 Å². The summed E-state index contributed by atoms with van der Waals surface area (Å²) in [5.74, 6) is -1.02. The average molecular weight is 331 g/mol. The number of rotatable bonds is 5. The number of nitrogens with zero attached hydrogens (tertiary/aromatic N) is 1. The van der Waals surface area contributed by atoms with Crippen LogP contribution < -0.4 is 4.90 Å². The fraction of sp³-hybridized carbons (Fsp3) is 0.353. The highest BCUT2D eigenvalue weighted by Crippen LogP contribution is 2.21. The molecule has 7 nitrogen and oxygen atoms in total. The molecular weight excluding hydrogens is 314 g/mol. The van der Waals surface area contributed by atoms with Crippen molar-refractivity contribution < 1.29 is 28.6 Å². The first-order chi connectivity index (χ1) is 11.6. The van der Waals surface area contributed by atoms with Gasteiger partial charge in [0, 0.05) is 24.2 Å². The molecule has 0 unspecified atom stereocenters. The van der Waals surface area contributed by atoms with E-state index in [1.807, 2.05) is 0 Å². The predicted molar refractivity (Wildman–Crippen MR) is 83.3 cm³/mol. The molecule has 2 heterocycles. The summed E-state index contributed by atoms with van der Waals surface area (Å²) in [5, 5.41) is 0. The largest absolute Gasteiger partial charge is 0.493 e. The number of amides is 1. The van der Waals surface area contributed by atoms with Gasteiger partial charge in [0.15, 0.2) is 12.4 Å². The van der Waals surface area contributed by atoms with Crippen molar-refractivity contribution in [1.82, 2.24) is 0 Å². The third-order valence-electron chi connectivity index (χ3n) is 3.76. The molecule has 0 saturated carbocycles. The molecular formula is C17H17NO6. The van der Waals surface area contributed by atoms with Crippen molar-refractivity contribution >= 4 is 23.3 Å². The maximum atomic E-state index is 12.1. The van der Waals surface area contributed by atoms with E-state index in [-0.39, 0.29) is 30.7 Å². The Morgan fingerprint density at radius 3 is 2.58 bits per heavy atom. The summed E-state index contributed by atoms with van der Waals surface area (Å²) in [7, 11) is 0. The molecule has 126 valence electrons. The molecule has 0 N–H and O–H groups in total. The Bertz CT molecular complexity index is 679. The SMILES string of the molecule is O=C(OCC(=O)c1ccc(N2CCCC2=O)cc1)C1=COCCO1. The second kappa shape index (κ2) is 7.16. The number of ketones is 1. The lowest BCUT2D eigenvalue weighted by molar-refractivity contribution is -0.143. The van der Waals surface area contributed by atoms with Gasteiger partial charge in [-0.25, -0.2) is 4.79 Å². The summed E-state index contributed by atoms with van der Waals surface area (Å²) in [6.45, 7) is 0.954. The number of hydrogen-bond donors (Lipinski definition) is 0. The Kier molecular flexibility index (Phi) is 4.79. The molecule has 0 aromatic heterocycles. The lowest BCUT2D eigenvalue weighted by atomic mass is 10.1. The van der Waals surface area contributed by atoms with Gasteiger partial charge in [-0.2, -0.15) is 0 Å². The van der Waals surface area contributed by atoms with Crippen LogP contribution in [-0.2, 0) is 23.8 Å². The molecule has 2 aliphatic rings. The number of anilines is 1. The van der Waals surface area contributed by atoms with Gasteiger partial charge in [-0.05, 0) is 30.7 Å². The van der Waals surface area contributed by atoms with Gasteiger partial charge in [-0.15, -0.1) is 0 Å². The van der Waals surface area contributed by atoms with Crippen molar-refractivity contribution in [3.63, 3.8) is 0 Å². The predicted octanol–water partition coefficient (Wildman–Crippen LogP) is 1.43. The van der Waals surface area contributed by atoms with Crippen LogP contribution in [0, 0.1) is 0 Å². The van der Waals surface area contributed by atoms with Crippen LogP contribution in [0.2, 0.25) is 0 Å². The maximum Gasteiger partial charge on any atom is 0.377 e. The number of ether oxygens (including phenoxy) is 3. The highest BCUT2D eigenvalue weighted by molar-refractivity contribution is 6.00. The topological polar surface area (TPSA) is 82.1 Å². The van der Waals surface area contributed by atoms with Crippen LogP contribution in [0.5, 0.6) is 0 Å². The molecule has 2 aliphatic heterocycles. The van der Waals surface area contributed by atoms with Crippen LogP contribution in [0.25, 0.3) is 0 Å². The van der Waals surface area contributed by atoms with Crippen molar-refractivity contribution in [3.8, 4) is 0 Å². The van der Waals surface area contributed by atoms with Crippen LogP contribution in [-0.4, -0.2) is 44.0 Å². The molecule has 1 aromatic carbocycles. The van der Waals surface area contributed by atoms with Crippen molar-refractivity contribution in [3.05, 3.63) is 41.9 Å². The van der Waals surface area contributed by atoms with E-state index < -0.39 is 5.97 Å². The molecule has 3 rings (SSSR count). The molecule has 0 aliphatic carbocycles. The third-order valence-corrected chi connectivity index (χ3v) is 3.76. The molecule has 0 spiro atoms. The zero-order chi connectivity index (χ0) is 16.9. The summed E-state index contributed by atoms with van der Waals surface area (Å²) < 4.78 is 15.0. The van der Waals surface area contributed by atoms with E-state index in [1.165, 1.54) is 6.26 Å². The average Bonchev–Trinajstić information content (AvgIpc) is 3.06. The summed E-state index contributed by atoms with van der Waals surface area (Å²) in [6.07, 6.45) is 2.58. The number of esters is 1. The van der Waals surface area contributed by atoms with E-state index in [0.717, 1.165) is 12.1 Å². The fourth-order valence-electron chi connectivity index (χ4n) is 2.51. The zero-order valence-electron chi connectivity index (χ0n) is 13.0. The van der Waals surface area contributed by atoms with Crippen LogP contribution in [0.15, 0.2) is 36.3 Å². The molecule has 7 heteroatoms. The van der Waals surface area contributed by atoms with E-state index >= 15 is 0 Å². The van der Waals surface area contributed by atoms with Gasteiger partial charge in [-0.3, -0.25) is 9.59 Å². The lowest BCUT2D eigenvalue weighted by Crippen LogP contribution is -2.23. The second-order valence-electron chi connectivity index (χ2n) is 5.40. The van der Waals surface area contributed by atoms with Crippen LogP contribution in [0.3, 0.4) is 0 Å². The number of benzene rings is 1. The van der Waals surface area contributed by atoms with Crippen molar-refractivity contribution in [2.75, 3.05) is 31.3 Å². The highest BCUT2D eigenvalue weighted by Gasteiger charge is 2.22. The normalized spacial score (nSPS) is 16.9. The smallest absolute Gasteiger partial charge is 0.377 e. The van der Waals surface area contributed by atoms with E-state index in [2.05, 4.69) is 0 Å². The number of carbonyl (C=O) groups excluding carboxylic acids is 3. The number of hydrogen-bond acceptors (Lipinski definition) is 6. The van der Waals surface area contributed by atoms with Gasteiger partial charge < -0.3 is 19.1 Å². The van der Waals surface area contributed by atoms with Gasteiger partial charge in [-0.1, -0.05) is 0 Å². The molecule has 1 fully saturated rings. The number of carbonyl (C=O) groups is 3. The minimum atomic E-state index is -0.734. The van der Waals surface area contributed by atoms with E-state index in [1.54, 1.807) is 29.2 Å². The van der Waals surface area contributed by atoms with Crippen molar-refractivity contribution in [2.24, 2.45) is 0 Å². The summed E-state index contributed by atoms with van der Waals surface area (Å²) >= 11 is 0. The van der Waals surface area contributed by atoms with E-state index in [9.17, 15) is 14.4 Å². The maximum absolute atomic E-state index is 12.1. The first-order valence-electron chi connectivity index (χ1n) is 7.70. The molecule has 1 aromatic rings. The van der Waals surface area contributed by atoms with Crippen LogP contribution >= 0.6 is 0 Å². The Balaban J connectivity index is 1.56. The van der Waals surface area contributed by atoms with Crippen molar-refractivity contribution in [1.29, 1.82) is 0 Å². The summed E-state index contributed by atoms with van der Waals surface area (Å²) in [6, 6.07) is 6.69. The second-order valence-corrected chi connectivity index (χ2v) is 5.40. The fourth-order valence-corrected chi connectivity index (χ4v) is 2.51. The van der Waals surface area contributed by atoms with Crippen molar-refractivity contribution in [2.45, 2.75) is 12.8 Å². The third kappa shape index (κ3) is 3.56. The van der Waals surface area contributed by atoms with E-state index in [0.29, 0.717) is 25.1 Å². The van der Waals surface area contributed by atoms with Crippen LogP contribution in [0.1, 0.15) is 23.2 Å². The standard InChI is InChI=1S/C17H17NO6/c19-14(10-24-17(21)15-11-22-8-9-23-15)12-3-5-13(6-4-12)18-7-1-2-16(18)20/h3-6,11H,1-2,7-10H2. The Morgan fingerprint density at radius 1 is 1.17 bits per heavy atom. The molecule has 0 atom stereocenters. The Labute approximate surface area is 138 Å². The van der Waals surface area contributed by atoms with Gasteiger partial charge in [0.05, 0.1) is 0 Å².